The lowest BCUT2D eigenvalue weighted by Crippen LogP contribution is -2.46. The van der Waals surface area contributed by atoms with E-state index in [1.807, 2.05) is 17.8 Å². The van der Waals surface area contributed by atoms with E-state index in [0.717, 1.165) is 31.6 Å². The first-order valence-corrected chi connectivity index (χ1v) is 6.81. The van der Waals surface area contributed by atoms with Gasteiger partial charge in [-0.3, -0.25) is 4.79 Å². The van der Waals surface area contributed by atoms with Gasteiger partial charge in [0.25, 0.3) is 0 Å². The second kappa shape index (κ2) is 3.81. The number of amides is 1. The molecule has 2 fully saturated rings. The molecule has 0 aliphatic carbocycles. The van der Waals surface area contributed by atoms with E-state index in [2.05, 4.69) is 29.2 Å². The predicted octanol–water partition coefficient (Wildman–Crippen LogP) is 2.60. The van der Waals surface area contributed by atoms with E-state index in [-0.39, 0.29) is 4.87 Å². The molecule has 0 saturated carbocycles. The molecule has 2 heterocycles. The van der Waals surface area contributed by atoms with Crippen LogP contribution in [0, 0.1) is 0 Å². The zero-order valence-corrected chi connectivity index (χ0v) is 10.0. The number of hydrogen-bond donors (Lipinski definition) is 0. The van der Waals surface area contributed by atoms with Gasteiger partial charge in [0.05, 0.1) is 0 Å². The van der Waals surface area contributed by atoms with Crippen LogP contribution in [0.3, 0.4) is 0 Å². The lowest BCUT2D eigenvalue weighted by atomic mass is 9.94. The molecule has 0 bridgehead atoms. The van der Waals surface area contributed by atoms with Crippen LogP contribution in [0.25, 0.3) is 0 Å². The zero-order chi connectivity index (χ0) is 11.0. The lowest BCUT2D eigenvalue weighted by molar-refractivity contribution is -0.137. The van der Waals surface area contributed by atoms with Crippen molar-refractivity contribution in [1.29, 1.82) is 0 Å². The number of carbonyl (C=O) groups is 1. The summed E-state index contributed by atoms with van der Waals surface area (Å²) in [5, 5.41) is 0. The maximum absolute atomic E-state index is 12.0. The molecule has 1 aromatic carbocycles. The van der Waals surface area contributed by atoms with E-state index in [4.69, 9.17) is 0 Å². The number of piperidine rings is 1. The smallest absolute Gasteiger partial charge is 0.223 e. The number of fused-ring (bicyclic) bond motifs is 1. The summed E-state index contributed by atoms with van der Waals surface area (Å²) in [4.78, 5) is 14.0. The number of benzene rings is 1. The maximum atomic E-state index is 12.0. The fourth-order valence-electron chi connectivity index (χ4n) is 2.79. The maximum Gasteiger partial charge on any atom is 0.223 e. The highest BCUT2D eigenvalue weighted by Crippen LogP contribution is 2.50. The molecule has 3 rings (SSSR count). The summed E-state index contributed by atoms with van der Waals surface area (Å²) in [5.41, 5.74) is 1.30. The molecule has 3 heteroatoms. The van der Waals surface area contributed by atoms with E-state index >= 15 is 0 Å². The second-order valence-corrected chi connectivity index (χ2v) is 5.77. The minimum atomic E-state index is -0.0450. The van der Waals surface area contributed by atoms with Crippen LogP contribution in [0.2, 0.25) is 0 Å². The van der Waals surface area contributed by atoms with Crippen molar-refractivity contribution in [2.45, 2.75) is 24.1 Å². The molecule has 16 heavy (non-hydrogen) atoms. The summed E-state index contributed by atoms with van der Waals surface area (Å²) in [6, 6.07) is 10.5. The Morgan fingerprint density at radius 3 is 2.88 bits per heavy atom. The summed E-state index contributed by atoms with van der Waals surface area (Å²) in [7, 11) is 0. The van der Waals surface area contributed by atoms with E-state index in [1.165, 1.54) is 5.56 Å². The van der Waals surface area contributed by atoms with Crippen LogP contribution in [-0.2, 0) is 9.67 Å². The van der Waals surface area contributed by atoms with Crippen molar-refractivity contribution in [2.24, 2.45) is 0 Å². The van der Waals surface area contributed by atoms with Gasteiger partial charge in [0, 0.05) is 18.7 Å². The third-order valence-corrected chi connectivity index (χ3v) is 5.05. The molecule has 1 amide bonds. The summed E-state index contributed by atoms with van der Waals surface area (Å²) < 4.78 is 0. The molecule has 2 aliphatic heterocycles. The van der Waals surface area contributed by atoms with Gasteiger partial charge in [-0.25, -0.2) is 0 Å². The normalized spacial score (nSPS) is 29.2. The highest BCUT2D eigenvalue weighted by molar-refractivity contribution is 8.00. The van der Waals surface area contributed by atoms with Gasteiger partial charge < -0.3 is 4.90 Å². The number of carbonyl (C=O) groups excluding carboxylic acids is 1. The topological polar surface area (TPSA) is 20.3 Å². The Balaban J connectivity index is 2.05. The quantitative estimate of drug-likeness (QED) is 0.743. The van der Waals surface area contributed by atoms with Crippen LogP contribution in [-0.4, -0.2) is 23.1 Å². The molecule has 1 atom stereocenters. The molecule has 0 spiro atoms. The van der Waals surface area contributed by atoms with Crippen molar-refractivity contribution >= 4 is 17.7 Å². The fraction of sp³-hybridized carbons (Fsp3) is 0.462. The summed E-state index contributed by atoms with van der Waals surface area (Å²) in [6.45, 7) is 0.915. The van der Waals surface area contributed by atoms with Crippen molar-refractivity contribution in [1.82, 2.24) is 4.90 Å². The Morgan fingerprint density at radius 2 is 2.06 bits per heavy atom. The first-order chi connectivity index (χ1) is 7.83. The van der Waals surface area contributed by atoms with Crippen LogP contribution in [0.4, 0.5) is 0 Å². The number of thioether (sulfide) groups is 1. The van der Waals surface area contributed by atoms with Crippen molar-refractivity contribution in [3.05, 3.63) is 35.9 Å². The minimum Gasteiger partial charge on any atom is -0.323 e. The van der Waals surface area contributed by atoms with Crippen molar-refractivity contribution in [3.63, 3.8) is 0 Å². The largest absolute Gasteiger partial charge is 0.323 e. The molecule has 0 aromatic heterocycles. The molecule has 84 valence electrons. The third-order valence-electron chi connectivity index (χ3n) is 3.52. The molecule has 2 nitrogen and oxygen atoms in total. The van der Waals surface area contributed by atoms with Crippen molar-refractivity contribution in [2.75, 3.05) is 12.3 Å². The Morgan fingerprint density at radius 1 is 1.25 bits per heavy atom. The Hall–Kier alpha value is -0.960. The Labute approximate surface area is 100 Å². The highest BCUT2D eigenvalue weighted by Gasteiger charge is 2.47. The van der Waals surface area contributed by atoms with E-state index < -0.39 is 0 Å². The molecule has 1 unspecified atom stereocenters. The van der Waals surface area contributed by atoms with Crippen LogP contribution in [0.15, 0.2) is 30.3 Å². The van der Waals surface area contributed by atoms with Gasteiger partial charge in [-0.15, -0.1) is 11.8 Å². The average Bonchev–Trinajstić information content (AvgIpc) is 2.77. The molecular formula is C13H15NOS. The SMILES string of the molecule is O=C1CCCC2(c3ccccc3)SCCN12. The molecule has 2 saturated heterocycles. The second-order valence-electron chi connectivity index (χ2n) is 4.40. The van der Waals surface area contributed by atoms with Gasteiger partial charge in [0.2, 0.25) is 5.91 Å². The average molecular weight is 233 g/mol. The van der Waals surface area contributed by atoms with Crippen LogP contribution >= 0.6 is 11.8 Å². The zero-order valence-electron chi connectivity index (χ0n) is 9.19. The first-order valence-electron chi connectivity index (χ1n) is 5.83. The number of rotatable bonds is 1. The van der Waals surface area contributed by atoms with Gasteiger partial charge in [-0.1, -0.05) is 30.3 Å². The predicted molar refractivity (Wildman–Crippen MR) is 66.1 cm³/mol. The molecule has 1 aromatic rings. The summed E-state index contributed by atoms with van der Waals surface area (Å²) in [6.07, 6.45) is 2.86. The van der Waals surface area contributed by atoms with Crippen LogP contribution < -0.4 is 0 Å². The van der Waals surface area contributed by atoms with E-state index in [9.17, 15) is 4.79 Å². The van der Waals surface area contributed by atoms with Crippen molar-refractivity contribution in [3.8, 4) is 0 Å². The molecular weight excluding hydrogens is 218 g/mol. The first kappa shape index (κ1) is 10.2. The minimum absolute atomic E-state index is 0.0450. The van der Waals surface area contributed by atoms with Gasteiger partial charge >= 0.3 is 0 Å². The third kappa shape index (κ3) is 1.38. The summed E-state index contributed by atoms with van der Waals surface area (Å²) in [5.74, 6) is 1.40. The van der Waals surface area contributed by atoms with Gasteiger partial charge in [-0.2, -0.15) is 0 Å². The van der Waals surface area contributed by atoms with Gasteiger partial charge in [0.15, 0.2) is 0 Å². The van der Waals surface area contributed by atoms with Gasteiger partial charge in [-0.05, 0) is 18.4 Å². The molecule has 2 aliphatic rings. The van der Waals surface area contributed by atoms with E-state index in [1.54, 1.807) is 0 Å². The molecule has 0 N–H and O–H groups in total. The fourth-order valence-corrected chi connectivity index (χ4v) is 4.35. The Bertz CT molecular complexity index is 406. The summed E-state index contributed by atoms with van der Waals surface area (Å²) >= 11 is 1.94. The lowest BCUT2D eigenvalue weighted by Gasteiger charge is -2.41. The van der Waals surface area contributed by atoms with Gasteiger partial charge in [0.1, 0.15) is 4.87 Å². The van der Waals surface area contributed by atoms with Crippen LogP contribution in [0.5, 0.6) is 0 Å². The standard InChI is InChI=1S/C13H15NOS/c15-12-7-4-8-13(14(12)9-10-16-13)11-5-2-1-3-6-11/h1-3,5-6H,4,7-10H2. The van der Waals surface area contributed by atoms with Crippen molar-refractivity contribution < 1.29 is 4.79 Å². The number of nitrogens with zero attached hydrogens (tertiary/aromatic N) is 1. The van der Waals surface area contributed by atoms with E-state index in [0.29, 0.717) is 5.91 Å². The monoisotopic (exact) mass is 233 g/mol. The Kier molecular flexibility index (Phi) is 2.43. The molecule has 0 radical (unpaired) electrons. The highest BCUT2D eigenvalue weighted by atomic mass is 32.2. The van der Waals surface area contributed by atoms with Crippen LogP contribution in [0.1, 0.15) is 24.8 Å². The number of hydrogen-bond acceptors (Lipinski definition) is 2.